The van der Waals surface area contributed by atoms with Crippen LogP contribution in [0.25, 0.3) is 0 Å². The van der Waals surface area contributed by atoms with Gasteiger partial charge in [-0.3, -0.25) is 19.7 Å². The zero-order chi connectivity index (χ0) is 23.4. The minimum Gasteiger partial charge on any atom is -0.326 e. The largest absolute Gasteiger partial charge is 0.326 e. The first-order chi connectivity index (χ1) is 15.9. The predicted octanol–water partition coefficient (Wildman–Crippen LogP) is 4.19. The Bertz CT molecular complexity index is 1180. The first-order valence-electron chi connectivity index (χ1n) is 10.5. The van der Waals surface area contributed by atoms with E-state index in [1.807, 2.05) is 6.92 Å². The molecule has 1 aliphatic rings. The van der Waals surface area contributed by atoms with Crippen molar-refractivity contribution in [3.8, 4) is 0 Å². The minimum atomic E-state index is -0.375. The molecule has 1 saturated heterocycles. The number of hydrogen-bond acceptors (Lipinski definition) is 6. The van der Waals surface area contributed by atoms with Crippen LogP contribution in [0.5, 0.6) is 0 Å². The number of carbonyl (C=O) groups is 3. The maximum Gasteiger partial charge on any atom is 0.257 e. The molecule has 0 bridgehead atoms. The van der Waals surface area contributed by atoms with Gasteiger partial charge in [0.25, 0.3) is 5.91 Å². The molecule has 3 aromatic rings. The van der Waals surface area contributed by atoms with Gasteiger partial charge < -0.3 is 10.2 Å². The van der Waals surface area contributed by atoms with Crippen molar-refractivity contribution in [1.82, 2.24) is 10.2 Å². The van der Waals surface area contributed by atoms with E-state index in [1.54, 1.807) is 41.3 Å². The molecule has 1 aromatic heterocycles. The summed E-state index contributed by atoms with van der Waals surface area (Å²) in [7, 11) is 0. The molecule has 33 heavy (non-hydrogen) atoms. The van der Waals surface area contributed by atoms with Crippen LogP contribution in [0.1, 0.15) is 47.5 Å². The Morgan fingerprint density at radius 3 is 2.70 bits per heavy atom. The number of carbonyl (C=O) groups excluding carboxylic acids is 3. The highest BCUT2D eigenvalue weighted by Gasteiger charge is 2.34. The first-order valence-corrected chi connectivity index (χ1v) is 11.3. The number of benzene rings is 2. The molecular formula is C23H22FN5O3S. The summed E-state index contributed by atoms with van der Waals surface area (Å²) < 4.78 is 13.2. The predicted molar refractivity (Wildman–Crippen MR) is 124 cm³/mol. The summed E-state index contributed by atoms with van der Waals surface area (Å²) >= 11 is 1.21. The van der Waals surface area contributed by atoms with Crippen molar-refractivity contribution in [2.75, 3.05) is 22.1 Å². The van der Waals surface area contributed by atoms with Gasteiger partial charge in [0, 0.05) is 42.2 Å². The third kappa shape index (κ3) is 5.40. The molecule has 4 rings (SSSR count). The number of anilines is 3. The lowest BCUT2D eigenvalue weighted by atomic mass is 10.1. The second-order valence-corrected chi connectivity index (χ2v) is 8.67. The topological polar surface area (TPSA) is 104 Å². The Hall–Kier alpha value is -3.66. The van der Waals surface area contributed by atoms with Gasteiger partial charge >= 0.3 is 0 Å². The van der Waals surface area contributed by atoms with Gasteiger partial charge in [-0.05, 0) is 48.9 Å². The first kappa shape index (κ1) is 22.5. The van der Waals surface area contributed by atoms with Crippen molar-refractivity contribution in [3.63, 3.8) is 0 Å². The van der Waals surface area contributed by atoms with E-state index in [-0.39, 0.29) is 35.9 Å². The molecular weight excluding hydrogens is 445 g/mol. The number of nitrogens with zero attached hydrogens (tertiary/aromatic N) is 3. The second kappa shape index (κ2) is 9.86. The molecule has 1 atom stereocenters. The van der Waals surface area contributed by atoms with Crippen molar-refractivity contribution in [3.05, 3.63) is 64.9 Å². The lowest BCUT2D eigenvalue weighted by molar-refractivity contribution is -0.117. The average molecular weight is 468 g/mol. The van der Waals surface area contributed by atoms with Crippen LogP contribution in [0, 0.1) is 5.82 Å². The molecule has 1 unspecified atom stereocenters. The maximum atomic E-state index is 13.2. The molecule has 2 aromatic carbocycles. The van der Waals surface area contributed by atoms with Crippen molar-refractivity contribution < 1.29 is 18.8 Å². The van der Waals surface area contributed by atoms with Gasteiger partial charge in [0.05, 0.1) is 0 Å². The van der Waals surface area contributed by atoms with Crippen LogP contribution in [0.4, 0.5) is 20.9 Å². The van der Waals surface area contributed by atoms with E-state index in [0.717, 1.165) is 6.42 Å². The number of rotatable bonds is 7. The number of halogens is 1. The fourth-order valence-corrected chi connectivity index (χ4v) is 4.38. The lowest BCUT2D eigenvalue weighted by Crippen LogP contribution is -2.24. The summed E-state index contributed by atoms with van der Waals surface area (Å²) in [5.41, 5.74) is 1.55. The minimum absolute atomic E-state index is 0.0747. The summed E-state index contributed by atoms with van der Waals surface area (Å²) in [6, 6.07) is 12.4. The van der Waals surface area contributed by atoms with Gasteiger partial charge in [-0.15, -0.1) is 10.2 Å². The number of hydrogen-bond donors (Lipinski definition) is 2. The number of nitrogens with one attached hydrogen (secondary N) is 2. The van der Waals surface area contributed by atoms with E-state index in [2.05, 4.69) is 20.8 Å². The summed E-state index contributed by atoms with van der Waals surface area (Å²) in [6.45, 7) is 2.33. The van der Waals surface area contributed by atoms with Crippen LogP contribution in [0.15, 0.2) is 48.5 Å². The summed E-state index contributed by atoms with van der Waals surface area (Å²) in [5, 5.41) is 14.7. The zero-order valence-electron chi connectivity index (χ0n) is 17.9. The highest BCUT2D eigenvalue weighted by Crippen LogP contribution is 2.34. The van der Waals surface area contributed by atoms with Crippen LogP contribution in [0.3, 0.4) is 0 Å². The van der Waals surface area contributed by atoms with Gasteiger partial charge in [-0.2, -0.15) is 0 Å². The Balaban J connectivity index is 1.40. The van der Waals surface area contributed by atoms with Crippen LogP contribution < -0.4 is 15.5 Å². The van der Waals surface area contributed by atoms with Crippen molar-refractivity contribution in [2.45, 2.75) is 32.1 Å². The van der Waals surface area contributed by atoms with Crippen LogP contribution in [-0.4, -0.2) is 34.5 Å². The molecule has 3 amide bonds. The van der Waals surface area contributed by atoms with Crippen LogP contribution in [0.2, 0.25) is 0 Å². The Kier molecular flexibility index (Phi) is 6.74. The maximum absolute atomic E-state index is 13.2. The van der Waals surface area contributed by atoms with Crippen LogP contribution >= 0.6 is 11.3 Å². The molecule has 170 valence electrons. The lowest BCUT2D eigenvalue weighted by Gasteiger charge is -2.16. The third-order valence-corrected chi connectivity index (χ3v) is 6.16. The van der Waals surface area contributed by atoms with Gasteiger partial charge in [0.1, 0.15) is 10.8 Å². The normalized spacial score (nSPS) is 15.5. The fraction of sp³-hybridized carbons (Fsp3) is 0.261. The molecule has 0 saturated carbocycles. The zero-order valence-corrected chi connectivity index (χ0v) is 18.7. The van der Waals surface area contributed by atoms with E-state index in [1.165, 1.54) is 23.5 Å². The summed E-state index contributed by atoms with van der Waals surface area (Å²) in [6.07, 6.45) is 1.41. The van der Waals surface area contributed by atoms with E-state index in [0.29, 0.717) is 40.0 Å². The van der Waals surface area contributed by atoms with Gasteiger partial charge in [-0.1, -0.05) is 24.3 Å². The van der Waals surface area contributed by atoms with Gasteiger partial charge in [0.15, 0.2) is 0 Å². The molecule has 0 spiro atoms. The second-order valence-electron chi connectivity index (χ2n) is 7.66. The fourth-order valence-electron chi connectivity index (χ4n) is 3.55. The highest BCUT2D eigenvalue weighted by atomic mass is 32.1. The standard InChI is InChI=1S/C23H22FN5O3S/c1-2-4-19(30)25-17-6-3-5-14(11-17)21(32)26-23-28-27-22(33-23)15-12-20(31)29(13-15)18-9-7-16(24)8-10-18/h3,5-11,15H,2,4,12-13H2,1H3,(H,25,30)(H,26,28,32). The van der Waals surface area contributed by atoms with Gasteiger partial charge in [-0.25, -0.2) is 4.39 Å². The van der Waals surface area contributed by atoms with Gasteiger partial charge in [0.2, 0.25) is 16.9 Å². The monoisotopic (exact) mass is 467 g/mol. The third-order valence-electron chi connectivity index (χ3n) is 5.16. The summed E-state index contributed by atoms with van der Waals surface area (Å²) in [4.78, 5) is 38.5. The molecule has 2 heterocycles. The molecule has 10 heteroatoms. The Morgan fingerprint density at radius 2 is 1.94 bits per heavy atom. The Morgan fingerprint density at radius 1 is 1.15 bits per heavy atom. The molecule has 8 nitrogen and oxygen atoms in total. The quantitative estimate of drug-likeness (QED) is 0.542. The van der Waals surface area contributed by atoms with Crippen molar-refractivity contribution >= 4 is 45.6 Å². The summed E-state index contributed by atoms with van der Waals surface area (Å²) in [5.74, 6) is -1.08. The molecule has 2 N–H and O–H groups in total. The van der Waals surface area contributed by atoms with E-state index in [4.69, 9.17) is 0 Å². The van der Waals surface area contributed by atoms with Crippen molar-refractivity contribution in [2.24, 2.45) is 0 Å². The van der Waals surface area contributed by atoms with E-state index in [9.17, 15) is 18.8 Å². The number of aromatic nitrogens is 2. The SMILES string of the molecule is CCCC(=O)Nc1cccc(C(=O)Nc2nnc(C3CC(=O)N(c4ccc(F)cc4)C3)s2)c1. The number of amides is 3. The molecule has 0 radical (unpaired) electrons. The molecule has 0 aliphatic carbocycles. The smallest absolute Gasteiger partial charge is 0.257 e. The van der Waals surface area contributed by atoms with E-state index >= 15 is 0 Å². The van der Waals surface area contributed by atoms with Crippen LogP contribution in [-0.2, 0) is 9.59 Å². The highest BCUT2D eigenvalue weighted by molar-refractivity contribution is 7.15. The molecule has 1 fully saturated rings. The average Bonchev–Trinajstić information content (AvgIpc) is 3.41. The Labute approximate surface area is 193 Å². The van der Waals surface area contributed by atoms with Crippen molar-refractivity contribution in [1.29, 1.82) is 0 Å². The molecule has 1 aliphatic heterocycles. The van der Waals surface area contributed by atoms with E-state index < -0.39 is 0 Å².